The van der Waals surface area contributed by atoms with Crippen LogP contribution in [0.5, 0.6) is 5.75 Å². The summed E-state index contributed by atoms with van der Waals surface area (Å²) >= 11 is 0. The molecule has 0 fully saturated rings. The van der Waals surface area contributed by atoms with Crippen molar-refractivity contribution in [3.05, 3.63) is 71.6 Å². The van der Waals surface area contributed by atoms with Gasteiger partial charge < -0.3 is 14.6 Å². The minimum atomic E-state index is -0.0721. The SMILES string of the molecule is C/C=C/C(=O)NCCc1nc2ccccc2n1CCCOc1cc(C)ccc1C. The van der Waals surface area contributed by atoms with Crippen LogP contribution >= 0.6 is 0 Å². The first-order valence-electron chi connectivity index (χ1n) is 10.1. The molecule has 29 heavy (non-hydrogen) atoms. The number of carbonyl (C=O) groups is 1. The molecule has 1 N–H and O–H groups in total. The highest BCUT2D eigenvalue weighted by molar-refractivity contribution is 5.87. The molecule has 152 valence electrons. The van der Waals surface area contributed by atoms with E-state index < -0.39 is 0 Å². The molecule has 1 amide bonds. The number of ether oxygens (including phenoxy) is 1. The highest BCUT2D eigenvalue weighted by Gasteiger charge is 2.10. The largest absolute Gasteiger partial charge is 0.493 e. The third kappa shape index (κ3) is 5.47. The lowest BCUT2D eigenvalue weighted by Crippen LogP contribution is -2.24. The fourth-order valence-electron chi connectivity index (χ4n) is 3.34. The second kappa shape index (κ2) is 9.92. The van der Waals surface area contributed by atoms with E-state index in [1.165, 1.54) is 11.6 Å². The zero-order valence-electron chi connectivity index (χ0n) is 17.4. The van der Waals surface area contributed by atoms with Crippen LogP contribution in [-0.2, 0) is 17.8 Å². The van der Waals surface area contributed by atoms with Crippen LogP contribution in [0.25, 0.3) is 11.0 Å². The standard InChI is InChI=1S/C24H29N3O2/c1-4-8-24(28)25-14-13-23-26-20-9-5-6-10-21(20)27(23)15-7-16-29-22-17-18(2)11-12-19(22)3/h4-6,8-12,17H,7,13-16H2,1-3H3,(H,25,28)/b8-4+. The molecule has 0 bridgehead atoms. The van der Waals surface area contributed by atoms with Gasteiger partial charge in [0.15, 0.2) is 0 Å². The topological polar surface area (TPSA) is 56.2 Å². The Morgan fingerprint density at radius 2 is 2.03 bits per heavy atom. The molecule has 0 aliphatic rings. The predicted molar refractivity (Wildman–Crippen MR) is 117 cm³/mol. The highest BCUT2D eigenvalue weighted by atomic mass is 16.5. The second-order valence-corrected chi connectivity index (χ2v) is 7.18. The molecule has 0 unspecified atom stereocenters. The molecule has 0 aliphatic heterocycles. The molecule has 5 heteroatoms. The van der Waals surface area contributed by atoms with Gasteiger partial charge in [0.25, 0.3) is 0 Å². The summed E-state index contributed by atoms with van der Waals surface area (Å²) in [7, 11) is 0. The molecular formula is C24H29N3O2. The first kappa shape index (κ1) is 20.6. The number of benzene rings is 2. The molecule has 0 radical (unpaired) electrons. The number of rotatable bonds is 9. The Kier molecular flexibility index (Phi) is 7.06. The van der Waals surface area contributed by atoms with Gasteiger partial charge in [-0.15, -0.1) is 0 Å². The number of carbonyl (C=O) groups excluding carboxylic acids is 1. The number of nitrogens with one attached hydrogen (secondary N) is 1. The summed E-state index contributed by atoms with van der Waals surface area (Å²) in [5.74, 6) is 1.86. The number of hydrogen-bond acceptors (Lipinski definition) is 3. The van der Waals surface area contributed by atoms with Gasteiger partial charge >= 0.3 is 0 Å². The van der Waals surface area contributed by atoms with E-state index >= 15 is 0 Å². The van der Waals surface area contributed by atoms with Gasteiger partial charge in [-0.1, -0.05) is 30.3 Å². The molecule has 1 aromatic heterocycles. The molecular weight excluding hydrogens is 362 g/mol. The third-order valence-corrected chi connectivity index (χ3v) is 4.83. The van der Waals surface area contributed by atoms with Crippen LogP contribution in [-0.4, -0.2) is 28.6 Å². The molecule has 5 nitrogen and oxygen atoms in total. The maximum Gasteiger partial charge on any atom is 0.243 e. The van der Waals surface area contributed by atoms with Gasteiger partial charge in [-0.2, -0.15) is 0 Å². The zero-order valence-corrected chi connectivity index (χ0v) is 17.4. The lowest BCUT2D eigenvalue weighted by atomic mass is 10.1. The average molecular weight is 392 g/mol. The second-order valence-electron chi connectivity index (χ2n) is 7.18. The Bertz CT molecular complexity index is 1000. The van der Waals surface area contributed by atoms with Crippen molar-refractivity contribution in [3.8, 4) is 5.75 Å². The molecule has 1 heterocycles. The quantitative estimate of drug-likeness (QED) is 0.436. The summed E-state index contributed by atoms with van der Waals surface area (Å²) < 4.78 is 8.25. The molecule has 0 aliphatic carbocycles. The Morgan fingerprint density at radius 1 is 1.21 bits per heavy atom. The lowest BCUT2D eigenvalue weighted by Gasteiger charge is -2.12. The van der Waals surface area contributed by atoms with Crippen LogP contribution in [0.15, 0.2) is 54.6 Å². The van der Waals surface area contributed by atoms with Crippen molar-refractivity contribution in [1.82, 2.24) is 14.9 Å². The number of nitrogens with zero attached hydrogens (tertiary/aromatic N) is 2. The molecule has 2 aromatic carbocycles. The number of aryl methyl sites for hydroxylation is 3. The molecule has 0 atom stereocenters. The predicted octanol–water partition coefficient (Wildman–Crippen LogP) is 4.36. The summed E-state index contributed by atoms with van der Waals surface area (Å²) in [5, 5.41) is 2.90. The van der Waals surface area contributed by atoms with Crippen LogP contribution in [0.2, 0.25) is 0 Å². The summed E-state index contributed by atoms with van der Waals surface area (Å²) in [4.78, 5) is 16.4. The number of para-hydroxylation sites is 2. The Balaban J connectivity index is 1.64. The fourth-order valence-corrected chi connectivity index (χ4v) is 3.34. The van der Waals surface area contributed by atoms with E-state index in [0.29, 0.717) is 19.6 Å². The molecule has 0 saturated carbocycles. The number of imidazole rings is 1. The van der Waals surface area contributed by atoms with Gasteiger partial charge in [0.2, 0.25) is 5.91 Å². The van der Waals surface area contributed by atoms with Gasteiger partial charge in [0, 0.05) is 19.5 Å². The van der Waals surface area contributed by atoms with Gasteiger partial charge in [0.1, 0.15) is 11.6 Å². The van der Waals surface area contributed by atoms with Crippen molar-refractivity contribution in [2.75, 3.05) is 13.2 Å². The summed E-state index contributed by atoms with van der Waals surface area (Å²) in [6.07, 6.45) is 4.84. The maximum atomic E-state index is 11.6. The van der Waals surface area contributed by atoms with E-state index in [9.17, 15) is 4.79 Å². The van der Waals surface area contributed by atoms with Crippen molar-refractivity contribution in [2.24, 2.45) is 0 Å². The number of aromatic nitrogens is 2. The zero-order chi connectivity index (χ0) is 20.6. The summed E-state index contributed by atoms with van der Waals surface area (Å²) in [6, 6.07) is 14.4. The third-order valence-electron chi connectivity index (χ3n) is 4.83. The number of fused-ring (bicyclic) bond motifs is 1. The van der Waals surface area contributed by atoms with Crippen LogP contribution < -0.4 is 10.1 Å². The fraction of sp³-hybridized carbons (Fsp3) is 0.333. The molecule has 3 rings (SSSR count). The van der Waals surface area contributed by atoms with Crippen molar-refractivity contribution < 1.29 is 9.53 Å². The first-order chi connectivity index (χ1) is 14.1. The van der Waals surface area contributed by atoms with Crippen LogP contribution in [0.3, 0.4) is 0 Å². The van der Waals surface area contributed by atoms with E-state index in [0.717, 1.165) is 41.1 Å². The Morgan fingerprint density at radius 3 is 2.86 bits per heavy atom. The van der Waals surface area contributed by atoms with E-state index in [1.807, 2.05) is 25.1 Å². The summed E-state index contributed by atoms with van der Waals surface area (Å²) in [5.41, 5.74) is 4.46. The Hall–Kier alpha value is -3.08. The van der Waals surface area contributed by atoms with Gasteiger partial charge in [-0.05, 0) is 62.6 Å². The van der Waals surface area contributed by atoms with Crippen LogP contribution in [0.1, 0.15) is 30.3 Å². The molecule has 0 saturated heterocycles. The lowest BCUT2D eigenvalue weighted by molar-refractivity contribution is -0.116. The minimum absolute atomic E-state index is 0.0721. The van der Waals surface area contributed by atoms with Crippen molar-refractivity contribution in [1.29, 1.82) is 0 Å². The minimum Gasteiger partial charge on any atom is -0.493 e. The number of hydrogen-bond donors (Lipinski definition) is 1. The van der Waals surface area contributed by atoms with Gasteiger partial charge in [-0.3, -0.25) is 4.79 Å². The van der Waals surface area contributed by atoms with Crippen molar-refractivity contribution >= 4 is 16.9 Å². The van der Waals surface area contributed by atoms with Gasteiger partial charge in [0.05, 0.1) is 17.6 Å². The number of amides is 1. The van der Waals surface area contributed by atoms with E-state index in [4.69, 9.17) is 9.72 Å². The normalized spacial score (nSPS) is 11.3. The van der Waals surface area contributed by atoms with Gasteiger partial charge in [-0.25, -0.2) is 4.98 Å². The maximum absolute atomic E-state index is 11.6. The molecule has 3 aromatic rings. The van der Waals surface area contributed by atoms with Crippen LogP contribution in [0.4, 0.5) is 0 Å². The van der Waals surface area contributed by atoms with Crippen LogP contribution in [0, 0.1) is 13.8 Å². The average Bonchev–Trinajstić information content (AvgIpc) is 3.05. The highest BCUT2D eigenvalue weighted by Crippen LogP contribution is 2.20. The smallest absolute Gasteiger partial charge is 0.243 e. The molecule has 0 spiro atoms. The van der Waals surface area contributed by atoms with E-state index in [1.54, 1.807) is 6.08 Å². The Labute approximate surface area is 172 Å². The van der Waals surface area contributed by atoms with Crippen molar-refractivity contribution in [2.45, 2.75) is 40.2 Å². The monoisotopic (exact) mass is 391 g/mol. The summed E-state index contributed by atoms with van der Waals surface area (Å²) in [6.45, 7) is 8.01. The van der Waals surface area contributed by atoms with Crippen molar-refractivity contribution in [3.63, 3.8) is 0 Å². The first-order valence-corrected chi connectivity index (χ1v) is 10.1. The number of allylic oxidation sites excluding steroid dienone is 1. The van der Waals surface area contributed by atoms with E-state index in [2.05, 4.69) is 48.0 Å². The van der Waals surface area contributed by atoms with E-state index in [-0.39, 0.29) is 5.91 Å².